The van der Waals surface area contributed by atoms with Gasteiger partial charge in [0, 0.05) is 19.8 Å². The van der Waals surface area contributed by atoms with Crippen LogP contribution in [-0.2, 0) is 13.3 Å². The van der Waals surface area contributed by atoms with Crippen LogP contribution in [0.3, 0.4) is 0 Å². The van der Waals surface area contributed by atoms with Gasteiger partial charge < -0.3 is 13.3 Å². The molecule has 0 spiro atoms. The molecule has 0 aliphatic carbocycles. The SMILES string of the molecule is [2H]C=C([2H])[Si](OCC)(OCC)OCC. The van der Waals surface area contributed by atoms with E-state index >= 15 is 0 Å². The topological polar surface area (TPSA) is 27.7 Å². The van der Waals surface area contributed by atoms with Gasteiger partial charge in [-0.2, -0.15) is 0 Å². The van der Waals surface area contributed by atoms with Gasteiger partial charge in [-0.15, -0.1) is 0 Å². The standard InChI is InChI=1S/C8H18O3Si/c1-5-9-12(8-4,10-6-2)11-7-3/h8H,4-7H2,1-3H3/i4D,8D. The maximum atomic E-state index is 7.60. The van der Waals surface area contributed by atoms with Crippen molar-refractivity contribution in [2.75, 3.05) is 19.8 Å². The van der Waals surface area contributed by atoms with Gasteiger partial charge in [-0.25, -0.2) is 0 Å². The van der Waals surface area contributed by atoms with Crippen molar-refractivity contribution in [2.24, 2.45) is 0 Å². The normalized spacial score (nSPS) is 15.8. The third kappa shape index (κ3) is 3.49. The first-order chi connectivity index (χ1) is 6.66. The van der Waals surface area contributed by atoms with E-state index in [-0.39, 0.29) is 5.68 Å². The molecule has 0 atom stereocenters. The second-order valence-corrected chi connectivity index (χ2v) is 4.27. The summed E-state index contributed by atoms with van der Waals surface area (Å²) in [4.78, 5) is 0. The van der Waals surface area contributed by atoms with Crippen LogP contribution in [0.5, 0.6) is 0 Å². The summed E-state index contributed by atoms with van der Waals surface area (Å²) in [6.07, 6.45) is 0. The van der Waals surface area contributed by atoms with E-state index < -0.39 is 8.80 Å². The van der Waals surface area contributed by atoms with Crippen LogP contribution in [0, 0.1) is 0 Å². The van der Waals surface area contributed by atoms with Crippen molar-refractivity contribution in [3.8, 4) is 0 Å². The Balaban J connectivity index is 4.72. The van der Waals surface area contributed by atoms with Crippen molar-refractivity contribution in [1.82, 2.24) is 0 Å². The third-order valence-electron chi connectivity index (χ3n) is 1.18. The summed E-state index contributed by atoms with van der Waals surface area (Å²) >= 11 is 0. The average Bonchev–Trinajstić information content (AvgIpc) is 2.17. The van der Waals surface area contributed by atoms with E-state index in [2.05, 4.69) is 0 Å². The lowest BCUT2D eigenvalue weighted by atomic mass is 10.9. The quantitative estimate of drug-likeness (QED) is 0.575. The molecule has 0 amide bonds. The first-order valence-electron chi connectivity index (χ1n) is 5.22. The van der Waals surface area contributed by atoms with Gasteiger partial charge in [-0.1, -0.05) is 6.55 Å². The highest BCUT2D eigenvalue weighted by atomic mass is 28.4. The molecule has 0 N–H and O–H groups in total. The Hall–Kier alpha value is -0.163. The first kappa shape index (κ1) is 8.44. The van der Waals surface area contributed by atoms with E-state index in [0.717, 1.165) is 6.55 Å². The predicted molar refractivity (Wildman–Crippen MR) is 50.8 cm³/mol. The average molecular weight is 192 g/mol. The Morgan fingerprint density at radius 1 is 1.25 bits per heavy atom. The molecule has 0 heterocycles. The van der Waals surface area contributed by atoms with Gasteiger partial charge in [0.05, 0.1) is 2.74 Å². The van der Waals surface area contributed by atoms with Crippen LogP contribution in [0.2, 0.25) is 0 Å². The highest BCUT2D eigenvalue weighted by molar-refractivity contribution is 6.66. The van der Waals surface area contributed by atoms with Crippen LogP contribution in [0.15, 0.2) is 12.2 Å². The summed E-state index contributed by atoms with van der Waals surface area (Å²) in [5, 5.41) is 0. The van der Waals surface area contributed by atoms with Crippen LogP contribution in [0.25, 0.3) is 0 Å². The van der Waals surface area contributed by atoms with E-state index in [0.29, 0.717) is 19.8 Å². The Kier molecular flexibility index (Phi) is 4.47. The molecule has 4 heteroatoms. The summed E-state index contributed by atoms with van der Waals surface area (Å²) in [6.45, 7) is 7.63. The number of rotatable bonds is 7. The fourth-order valence-electron chi connectivity index (χ4n) is 0.820. The molecule has 72 valence electrons. The van der Waals surface area contributed by atoms with Gasteiger partial charge in [0.1, 0.15) is 0 Å². The molecule has 0 aliphatic rings. The van der Waals surface area contributed by atoms with Crippen molar-refractivity contribution < 1.29 is 16.0 Å². The van der Waals surface area contributed by atoms with Crippen LogP contribution in [-0.4, -0.2) is 28.6 Å². The molecule has 0 aromatic heterocycles. The monoisotopic (exact) mass is 192 g/mol. The number of hydrogen-bond donors (Lipinski definition) is 0. The minimum absolute atomic E-state index is 0.00282. The van der Waals surface area contributed by atoms with Gasteiger partial charge in [0.15, 0.2) is 0 Å². The fraction of sp³-hybridized carbons (Fsp3) is 0.750. The molecular weight excluding hydrogens is 172 g/mol. The van der Waals surface area contributed by atoms with Gasteiger partial charge >= 0.3 is 8.80 Å². The highest BCUT2D eigenvalue weighted by Gasteiger charge is 2.36. The fourth-order valence-corrected chi connectivity index (χ4v) is 2.46. The van der Waals surface area contributed by atoms with Crippen molar-refractivity contribution in [3.63, 3.8) is 0 Å². The van der Waals surface area contributed by atoms with Crippen molar-refractivity contribution in [3.05, 3.63) is 12.2 Å². The minimum atomic E-state index is -3.06. The Bertz CT molecular complexity index is 170. The zero-order chi connectivity index (χ0) is 11.0. The Morgan fingerprint density at radius 3 is 1.92 bits per heavy atom. The van der Waals surface area contributed by atoms with Gasteiger partial charge in [-0.05, 0) is 26.4 Å². The molecule has 0 saturated heterocycles. The second-order valence-electron chi connectivity index (χ2n) is 2.00. The summed E-state index contributed by atoms with van der Waals surface area (Å²) in [6, 6.07) is 0. The largest absolute Gasteiger partial charge is 0.528 e. The molecule has 0 radical (unpaired) electrons. The molecule has 12 heavy (non-hydrogen) atoms. The van der Waals surface area contributed by atoms with E-state index in [1.165, 1.54) is 0 Å². The summed E-state index contributed by atoms with van der Waals surface area (Å²) in [5.74, 6) is 0. The Morgan fingerprint density at radius 2 is 1.67 bits per heavy atom. The molecule has 0 saturated carbocycles. The lowest BCUT2D eigenvalue weighted by Crippen LogP contribution is -2.44. The highest BCUT2D eigenvalue weighted by Crippen LogP contribution is 2.10. The van der Waals surface area contributed by atoms with Crippen LogP contribution in [0.1, 0.15) is 23.5 Å². The van der Waals surface area contributed by atoms with Crippen LogP contribution >= 0.6 is 0 Å². The van der Waals surface area contributed by atoms with E-state index in [9.17, 15) is 0 Å². The van der Waals surface area contributed by atoms with Gasteiger partial charge in [0.2, 0.25) is 0 Å². The molecular formula is C8H18O3Si. The smallest absolute Gasteiger partial charge is 0.371 e. The van der Waals surface area contributed by atoms with E-state index in [1.54, 1.807) is 0 Å². The molecule has 0 rings (SSSR count). The summed E-state index contributed by atoms with van der Waals surface area (Å²) in [5.41, 5.74) is 0.00282. The zero-order valence-corrected chi connectivity index (χ0v) is 8.92. The van der Waals surface area contributed by atoms with Gasteiger partial charge in [0.25, 0.3) is 0 Å². The molecule has 0 aromatic rings. The van der Waals surface area contributed by atoms with Crippen LogP contribution in [0.4, 0.5) is 0 Å². The van der Waals surface area contributed by atoms with Crippen molar-refractivity contribution in [2.45, 2.75) is 20.8 Å². The van der Waals surface area contributed by atoms with Gasteiger partial charge in [-0.3, -0.25) is 0 Å². The second kappa shape index (κ2) is 6.36. The summed E-state index contributed by atoms with van der Waals surface area (Å²) in [7, 11) is -3.06. The molecule has 0 bridgehead atoms. The van der Waals surface area contributed by atoms with Crippen molar-refractivity contribution in [1.29, 1.82) is 0 Å². The third-order valence-corrected chi connectivity index (χ3v) is 3.54. The van der Waals surface area contributed by atoms with E-state index in [1.807, 2.05) is 20.8 Å². The molecule has 0 unspecified atom stereocenters. The van der Waals surface area contributed by atoms with Crippen LogP contribution < -0.4 is 0 Å². The predicted octanol–water partition coefficient (Wildman–Crippen LogP) is 1.76. The minimum Gasteiger partial charge on any atom is -0.371 e. The zero-order valence-electron chi connectivity index (χ0n) is 9.92. The lowest BCUT2D eigenvalue weighted by Gasteiger charge is -2.24. The molecule has 0 aliphatic heterocycles. The number of hydrogen-bond acceptors (Lipinski definition) is 3. The maximum absolute atomic E-state index is 7.60. The summed E-state index contributed by atoms with van der Waals surface area (Å²) < 4.78 is 30.8. The maximum Gasteiger partial charge on any atom is 0.528 e. The lowest BCUT2D eigenvalue weighted by molar-refractivity contribution is 0.0844. The first-order valence-corrected chi connectivity index (χ1v) is 5.86. The van der Waals surface area contributed by atoms with E-state index in [4.69, 9.17) is 16.0 Å². The van der Waals surface area contributed by atoms with Crippen molar-refractivity contribution >= 4 is 8.80 Å². The Labute approximate surface area is 78.5 Å². The molecule has 3 nitrogen and oxygen atoms in total. The molecule has 0 aromatic carbocycles. The molecule has 0 fully saturated rings.